The highest BCUT2D eigenvalue weighted by Gasteiger charge is 2.30. The summed E-state index contributed by atoms with van der Waals surface area (Å²) in [6, 6.07) is 11.4. The second kappa shape index (κ2) is 12.6. The maximum Gasteiger partial charge on any atom is 0.225 e. The van der Waals surface area contributed by atoms with Crippen molar-refractivity contribution in [2.75, 3.05) is 56.0 Å². The Hall–Kier alpha value is -2.19. The van der Waals surface area contributed by atoms with E-state index in [9.17, 15) is 9.59 Å². The van der Waals surface area contributed by atoms with E-state index < -0.39 is 0 Å². The van der Waals surface area contributed by atoms with E-state index >= 15 is 0 Å². The van der Waals surface area contributed by atoms with E-state index in [1.165, 1.54) is 0 Å². The van der Waals surface area contributed by atoms with Crippen LogP contribution in [0.3, 0.4) is 0 Å². The van der Waals surface area contributed by atoms with Gasteiger partial charge in [0.05, 0.1) is 16.8 Å². The molecule has 2 amide bonds. The minimum absolute atomic E-state index is 0.0467. The highest BCUT2D eigenvalue weighted by atomic mass is 35.5. The third kappa shape index (κ3) is 7.23. The molecule has 0 radical (unpaired) electrons. The summed E-state index contributed by atoms with van der Waals surface area (Å²) in [5.74, 6) is 0.0148. The van der Waals surface area contributed by atoms with E-state index in [4.69, 9.17) is 40.5 Å². The van der Waals surface area contributed by atoms with Gasteiger partial charge in [-0.05, 0) is 55.7 Å². The summed E-state index contributed by atoms with van der Waals surface area (Å²) < 4.78 is 0. The Kier molecular flexibility index (Phi) is 9.46. The van der Waals surface area contributed by atoms with E-state index in [1.54, 1.807) is 6.07 Å². The molecule has 2 fully saturated rings. The lowest BCUT2D eigenvalue weighted by Crippen LogP contribution is -2.52. The van der Waals surface area contributed by atoms with Crippen molar-refractivity contribution in [2.24, 2.45) is 11.7 Å². The second-order valence-electron chi connectivity index (χ2n) is 9.84. The van der Waals surface area contributed by atoms with E-state index in [1.807, 2.05) is 36.1 Å². The number of benzene rings is 2. The molecule has 0 saturated carbocycles. The van der Waals surface area contributed by atoms with E-state index in [0.717, 1.165) is 56.0 Å². The van der Waals surface area contributed by atoms with Crippen LogP contribution >= 0.6 is 34.8 Å². The summed E-state index contributed by atoms with van der Waals surface area (Å²) in [5.41, 5.74) is 8.12. The maximum atomic E-state index is 13.1. The van der Waals surface area contributed by atoms with Crippen LogP contribution in [0.4, 0.5) is 11.4 Å². The molecule has 0 aromatic heterocycles. The molecule has 2 saturated heterocycles. The van der Waals surface area contributed by atoms with Crippen LogP contribution in [0.5, 0.6) is 0 Å². The van der Waals surface area contributed by atoms with Crippen molar-refractivity contribution >= 4 is 58.0 Å². The number of carbonyl (C=O) groups excluding carboxylic acids is 2. The zero-order valence-electron chi connectivity index (χ0n) is 21.1. The van der Waals surface area contributed by atoms with Crippen LogP contribution in [0, 0.1) is 5.92 Å². The van der Waals surface area contributed by atoms with Crippen LogP contribution in [0.2, 0.25) is 15.1 Å². The van der Waals surface area contributed by atoms with Crippen molar-refractivity contribution in [2.45, 2.75) is 32.2 Å². The zero-order valence-corrected chi connectivity index (χ0v) is 23.3. The molecule has 0 aliphatic carbocycles. The number of anilines is 2. The molecule has 2 heterocycles. The predicted molar refractivity (Wildman–Crippen MR) is 152 cm³/mol. The molecular formula is C27H34Cl3N5O2. The van der Waals surface area contributed by atoms with Crippen molar-refractivity contribution in [3.63, 3.8) is 0 Å². The topological polar surface area (TPSA) is 81.9 Å². The summed E-state index contributed by atoms with van der Waals surface area (Å²) in [6.07, 6.45) is 2.01. The van der Waals surface area contributed by atoms with Crippen LogP contribution in [-0.2, 0) is 9.59 Å². The van der Waals surface area contributed by atoms with E-state index in [2.05, 4.69) is 21.2 Å². The first-order valence-corrected chi connectivity index (χ1v) is 13.9. The first-order valence-electron chi connectivity index (χ1n) is 12.8. The number of primary amides is 1. The van der Waals surface area contributed by atoms with Gasteiger partial charge in [-0.2, -0.15) is 0 Å². The minimum Gasteiger partial charge on any atom is -0.377 e. The molecule has 1 atom stereocenters. The van der Waals surface area contributed by atoms with Crippen molar-refractivity contribution in [1.29, 1.82) is 0 Å². The molecule has 2 aliphatic rings. The fourth-order valence-corrected chi connectivity index (χ4v) is 5.83. The average molecular weight is 567 g/mol. The molecular weight excluding hydrogens is 533 g/mol. The maximum absolute atomic E-state index is 13.1. The van der Waals surface area contributed by atoms with Crippen molar-refractivity contribution in [1.82, 2.24) is 9.80 Å². The summed E-state index contributed by atoms with van der Waals surface area (Å²) in [6.45, 7) is 7.32. The van der Waals surface area contributed by atoms with Gasteiger partial charge in [-0.3, -0.25) is 14.5 Å². The normalized spacial score (nSPS) is 18.1. The fourth-order valence-electron chi connectivity index (χ4n) is 5.09. The highest BCUT2D eigenvalue weighted by molar-refractivity contribution is 6.35. The molecule has 7 nitrogen and oxygen atoms in total. The van der Waals surface area contributed by atoms with Crippen molar-refractivity contribution < 1.29 is 9.59 Å². The van der Waals surface area contributed by atoms with Gasteiger partial charge in [0.1, 0.15) is 0 Å². The average Bonchev–Trinajstić information content (AvgIpc) is 2.88. The molecule has 2 aromatic carbocycles. The molecule has 0 bridgehead atoms. The second-order valence-corrected chi connectivity index (χ2v) is 11.1. The Morgan fingerprint density at radius 3 is 2.32 bits per heavy atom. The van der Waals surface area contributed by atoms with Gasteiger partial charge < -0.3 is 20.9 Å². The van der Waals surface area contributed by atoms with Crippen LogP contribution in [0.15, 0.2) is 36.4 Å². The van der Waals surface area contributed by atoms with E-state index in [0.29, 0.717) is 41.1 Å². The number of nitrogens with one attached hydrogen (secondary N) is 1. The van der Waals surface area contributed by atoms with Gasteiger partial charge in [0.2, 0.25) is 11.8 Å². The Labute approximate surface area is 233 Å². The Morgan fingerprint density at radius 1 is 0.973 bits per heavy atom. The third-order valence-corrected chi connectivity index (χ3v) is 8.21. The number of rotatable bonds is 8. The third-order valence-electron chi connectivity index (χ3n) is 7.32. The largest absolute Gasteiger partial charge is 0.377 e. The lowest BCUT2D eigenvalue weighted by molar-refractivity contribution is -0.138. The van der Waals surface area contributed by atoms with Gasteiger partial charge in [0, 0.05) is 73.9 Å². The van der Waals surface area contributed by atoms with E-state index in [-0.39, 0.29) is 23.8 Å². The Morgan fingerprint density at radius 2 is 1.68 bits per heavy atom. The van der Waals surface area contributed by atoms with Crippen molar-refractivity contribution in [3.05, 3.63) is 57.0 Å². The number of piperazine rings is 1. The van der Waals surface area contributed by atoms with Gasteiger partial charge in [0.25, 0.3) is 0 Å². The monoisotopic (exact) mass is 565 g/mol. The molecule has 2 aliphatic heterocycles. The SMILES string of the molecule is C[C@@H](Nc1cc(N2CCC(C(=O)N3CCN(CCC(N)=O)CC3)CC2)ccc1Cl)c1ccc(Cl)cc1Cl. The van der Waals surface area contributed by atoms with Gasteiger partial charge in [0.15, 0.2) is 0 Å². The van der Waals surface area contributed by atoms with Crippen LogP contribution < -0.4 is 16.0 Å². The summed E-state index contributed by atoms with van der Waals surface area (Å²) in [4.78, 5) is 30.7. The number of nitrogens with zero attached hydrogens (tertiary/aromatic N) is 3. The molecule has 3 N–H and O–H groups in total. The highest BCUT2D eigenvalue weighted by Crippen LogP contribution is 2.34. The molecule has 4 rings (SSSR count). The first kappa shape index (κ1) is 27.8. The molecule has 10 heteroatoms. The molecule has 2 aromatic rings. The van der Waals surface area contributed by atoms with Gasteiger partial charge >= 0.3 is 0 Å². The fraction of sp³-hybridized carbons (Fsp3) is 0.481. The molecule has 0 spiro atoms. The molecule has 37 heavy (non-hydrogen) atoms. The number of halogens is 3. The van der Waals surface area contributed by atoms with Gasteiger partial charge in [-0.15, -0.1) is 0 Å². The number of carbonyl (C=O) groups is 2. The summed E-state index contributed by atoms with van der Waals surface area (Å²) >= 11 is 19.0. The number of hydrogen-bond acceptors (Lipinski definition) is 5. The summed E-state index contributed by atoms with van der Waals surface area (Å²) in [7, 11) is 0. The standard InChI is InChI=1S/C27H34Cl3N5O2/c1-18(22-4-2-20(28)16-24(22)30)32-25-17-21(3-5-23(25)29)34-10-6-19(7-11-34)27(37)35-14-12-33(13-15-35)9-8-26(31)36/h2-5,16-19,32H,6-15H2,1H3,(H2,31,36)/t18-/m1/s1. The zero-order chi connectivity index (χ0) is 26.5. The lowest BCUT2D eigenvalue weighted by atomic mass is 9.94. The van der Waals surface area contributed by atoms with Gasteiger partial charge in [-0.1, -0.05) is 40.9 Å². The molecule has 200 valence electrons. The number of amides is 2. The van der Waals surface area contributed by atoms with Crippen molar-refractivity contribution in [3.8, 4) is 0 Å². The Balaban J connectivity index is 1.31. The molecule has 0 unspecified atom stereocenters. The van der Waals surface area contributed by atoms with Gasteiger partial charge in [-0.25, -0.2) is 0 Å². The Bertz CT molecular complexity index is 1120. The number of piperidine rings is 1. The lowest BCUT2D eigenvalue weighted by Gasteiger charge is -2.39. The smallest absolute Gasteiger partial charge is 0.225 e. The first-order chi connectivity index (χ1) is 17.7. The van der Waals surface area contributed by atoms with Crippen LogP contribution in [0.25, 0.3) is 0 Å². The quantitative estimate of drug-likeness (QED) is 0.467. The number of hydrogen-bond donors (Lipinski definition) is 2. The van der Waals surface area contributed by atoms with Crippen LogP contribution in [-0.4, -0.2) is 67.4 Å². The number of nitrogens with two attached hydrogens (primary N) is 1. The van der Waals surface area contributed by atoms with Crippen LogP contribution in [0.1, 0.15) is 37.8 Å². The predicted octanol–water partition coefficient (Wildman–Crippen LogP) is 5.06. The summed E-state index contributed by atoms with van der Waals surface area (Å²) in [5, 5.41) is 5.33. The minimum atomic E-state index is -0.283.